The monoisotopic (exact) mass is 570 g/mol. The number of aliphatic hydroxyl groups is 3. The van der Waals surface area contributed by atoms with Crippen molar-refractivity contribution >= 4 is 5.91 Å². The van der Waals surface area contributed by atoms with E-state index in [1.54, 1.807) is 0 Å². The number of carbonyl (C=O) groups is 1. The number of carbonyl (C=O) groups excluding carboxylic acids is 1. The largest absolute Gasteiger partial charge is 0.394 e. The van der Waals surface area contributed by atoms with Gasteiger partial charge in [0.2, 0.25) is 5.91 Å². The first-order chi connectivity index (χ1) is 19.6. The Morgan fingerprint density at radius 1 is 0.500 bits per heavy atom. The van der Waals surface area contributed by atoms with Crippen LogP contribution in [0, 0.1) is 0 Å². The Balaban J connectivity index is 3.65. The molecule has 0 radical (unpaired) electrons. The van der Waals surface area contributed by atoms with E-state index >= 15 is 0 Å². The van der Waals surface area contributed by atoms with Crippen molar-refractivity contribution in [2.45, 2.75) is 212 Å². The highest BCUT2D eigenvalue weighted by atomic mass is 16.3. The summed E-state index contributed by atoms with van der Waals surface area (Å²) in [6.45, 7) is 4.20. The van der Waals surface area contributed by atoms with Crippen LogP contribution in [0.4, 0.5) is 0 Å². The molecule has 0 fully saturated rings. The maximum atomic E-state index is 12.3. The molecule has 0 aliphatic rings. The molecule has 0 aromatic heterocycles. The van der Waals surface area contributed by atoms with Crippen molar-refractivity contribution in [2.75, 3.05) is 6.61 Å². The smallest absolute Gasteiger partial charge is 0.249 e. The molecule has 1 amide bonds. The van der Waals surface area contributed by atoms with Gasteiger partial charge in [-0.05, 0) is 12.8 Å². The van der Waals surface area contributed by atoms with E-state index in [4.69, 9.17) is 0 Å². The number of rotatable bonds is 32. The fraction of sp³-hybridized carbons (Fsp3) is 0.971. The standard InChI is InChI=1S/C35H71NO4/c1-3-5-7-9-11-13-15-16-17-18-19-20-22-23-25-27-29-33(38)32(31-37)36-35(40)34(39)30-28-26-24-21-14-12-10-8-6-4-2/h32-34,37-39H,3-31H2,1-2H3,(H,36,40). The molecule has 0 aliphatic heterocycles. The molecule has 0 aromatic carbocycles. The zero-order chi connectivity index (χ0) is 29.5. The molecule has 3 unspecified atom stereocenters. The van der Waals surface area contributed by atoms with Gasteiger partial charge < -0.3 is 20.6 Å². The van der Waals surface area contributed by atoms with Crippen LogP contribution in [0.2, 0.25) is 0 Å². The Kier molecular flexibility index (Phi) is 30.8. The molecule has 0 rings (SSSR count). The fourth-order valence-corrected chi connectivity index (χ4v) is 5.60. The van der Waals surface area contributed by atoms with Gasteiger partial charge in [0, 0.05) is 0 Å². The lowest BCUT2D eigenvalue weighted by atomic mass is 10.0. The highest BCUT2D eigenvalue weighted by Gasteiger charge is 2.23. The summed E-state index contributed by atoms with van der Waals surface area (Å²) in [5.74, 6) is -0.471. The second-order valence-corrected chi connectivity index (χ2v) is 12.4. The van der Waals surface area contributed by atoms with Crippen LogP contribution < -0.4 is 5.32 Å². The van der Waals surface area contributed by atoms with E-state index in [-0.39, 0.29) is 6.61 Å². The summed E-state index contributed by atoms with van der Waals surface area (Å²) in [5, 5.41) is 33.0. The lowest BCUT2D eigenvalue weighted by Crippen LogP contribution is -2.49. The average molecular weight is 570 g/mol. The van der Waals surface area contributed by atoms with Gasteiger partial charge in [0.15, 0.2) is 0 Å². The van der Waals surface area contributed by atoms with Crippen LogP contribution in [0.15, 0.2) is 0 Å². The van der Waals surface area contributed by atoms with Crippen LogP contribution in [0.1, 0.15) is 194 Å². The lowest BCUT2D eigenvalue weighted by Gasteiger charge is -2.23. The van der Waals surface area contributed by atoms with Gasteiger partial charge in [-0.1, -0.05) is 181 Å². The zero-order valence-corrected chi connectivity index (χ0v) is 27.0. The molecule has 0 aromatic rings. The van der Waals surface area contributed by atoms with Gasteiger partial charge in [-0.15, -0.1) is 0 Å². The molecule has 0 heterocycles. The molecule has 0 bridgehead atoms. The van der Waals surface area contributed by atoms with Crippen molar-refractivity contribution in [2.24, 2.45) is 0 Å². The predicted octanol–water partition coefficient (Wildman–Crippen LogP) is 9.15. The zero-order valence-electron chi connectivity index (χ0n) is 27.0. The molecule has 5 nitrogen and oxygen atoms in total. The van der Waals surface area contributed by atoms with E-state index in [1.165, 1.54) is 135 Å². The van der Waals surface area contributed by atoms with E-state index in [1.807, 2.05) is 0 Å². The summed E-state index contributed by atoms with van der Waals surface area (Å²) in [5.41, 5.74) is 0. The molecular formula is C35H71NO4. The first-order valence-electron chi connectivity index (χ1n) is 17.8. The van der Waals surface area contributed by atoms with Crippen molar-refractivity contribution in [1.82, 2.24) is 5.32 Å². The van der Waals surface area contributed by atoms with E-state index in [0.717, 1.165) is 32.1 Å². The van der Waals surface area contributed by atoms with Crippen molar-refractivity contribution in [3.63, 3.8) is 0 Å². The number of hydrogen-bond donors (Lipinski definition) is 4. The third kappa shape index (κ3) is 26.3. The van der Waals surface area contributed by atoms with Gasteiger partial charge in [0.25, 0.3) is 0 Å². The van der Waals surface area contributed by atoms with Gasteiger partial charge in [-0.3, -0.25) is 4.79 Å². The van der Waals surface area contributed by atoms with Gasteiger partial charge in [0.05, 0.1) is 18.8 Å². The first-order valence-corrected chi connectivity index (χ1v) is 17.8. The second kappa shape index (κ2) is 31.3. The van der Waals surface area contributed by atoms with E-state index < -0.39 is 24.2 Å². The summed E-state index contributed by atoms with van der Waals surface area (Å²) >= 11 is 0. The van der Waals surface area contributed by atoms with Gasteiger partial charge in [-0.2, -0.15) is 0 Å². The quantitative estimate of drug-likeness (QED) is 0.0608. The maximum Gasteiger partial charge on any atom is 0.249 e. The Morgan fingerprint density at radius 2 is 0.800 bits per heavy atom. The Bertz CT molecular complexity index is 516. The van der Waals surface area contributed by atoms with Crippen LogP contribution in [0.25, 0.3) is 0 Å². The number of nitrogens with one attached hydrogen (secondary N) is 1. The highest BCUT2D eigenvalue weighted by Crippen LogP contribution is 2.16. The normalized spacial score (nSPS) is 13.8. The molecule has 0 saturated heterocycles. The minimum Gasteiger partial charge on any atom is -0.394 e. The summed E-state index contributed by atoms with van der Waals surface area (Å²) in [6, 6.07) is -0.703. The van der Waals surface area contributed by atoms with Crippen molar-refractivity contribution in [1.29, 1.82) is 0 Å². The number of amides is 1. The summed E-state index contributed by atoms with van der Waals surface area (Å²) < 4.78 is 0. The third-order valence-electron chi connectivity index (χ3n) is 8.48. The van der Waals surface area contributed by atoms with E-state index in [9.17, 15) is 20.1 Å². The molecule has 0 spiro atoms. The Labute approximate surface area is 249 Å². The SMILES string of the molecule is CCCCCCCCCCCCCCCCCCC(O)C(CO)NC(=O)C(O)CCCCCCCCCCCC. The van der Waals surface area contributed by atoms with E-state index in [0.29, 0.717) is 12.8 Å². The van der Waals surface area contributed by atoms with E-state index in [2.05, 4.69) is 19.2 Å². The minimum absolute atomic E-state index is 0.309. The topological polar surface area (TPSA) is 89.8 Å². The molecule has 0 saturated carbocycles. The number of hydrogen-bond acceptors (Lipinski definition) is 4. The highest BCUT2D eigenvalue weighted by molar-refractivity contribution is 5.80. The van der Waals surface area contributed by atoms with Crippen molar-refractivity contribution in [3.8, 4) is 0 Å². The average Bonchev–Trinajstić information content (AvgIpc) is 2.96. The number of aliphatic hydroxyl groups excluding tert-OH is 3. The summed E-state index contributed by atoms with van der Waals surface area (Å²) in [4.78, 5) is 12.3. The molecule has 4 N–H and O–H groups in total. The van der Waals surface area contributed by atoms with Crippen molar-refractivity contribution in [3.05, 3.63) is 0 Å². The lowest BCUT2D eigenvalue weighted by molar-refractivity contribution is -0.131. The second-order valence-electron chi connectivity index (χ2n) is 12.4. The summed E-state index contributed by atoms with van der Waals surface area (Å²) in [6.07, 6.45) is 32.3. The summed E-state index contributed by atoms with van der Waals surface area (Å²) in [7, 11) is 0. The molecule has 40 heavy (non-hydrogen) atoms. The van der Waals surface area contributed by atoms with Gasteiger partial charge >= 0.3 is 0 Å². The van der Waals surface area contributed by atoms with Crippen LogP contribution >= 0.6 is 0 Å². The van der Waals surface area contributed by atoms with Crippen LogP contribution in [-0.2, 0) is 4.79 Å². The van der Waals surface area contributed by atoms with Crippen LogP contribution in [0.3, 0.4) is 0 Å². The molecule has 5 heteroatoms. The van der Waals surface area contributed by atoms with Gasteiger partial charge in [-0.25, -0.2) is 0 Å². The molecular weight excluding hydrogens is 498 g/mol. The first kappa shape index (κ1) is 39.4. The molecule has 240 valence electrons. The fourth-order valence-electron chi connectivity index (χ4n) is 5.60. The van der Waals surface area contributed by atoms with Crippen LogP contribution in [0.5, 0.6) is 0 Å². The van der Waals surface area contributed by atoms with Crippen LogP contribution in [-0.4, -0.2) is 46.1 Å². The molecule has 3 atom stereocenters. The number of unbranched alkanes of at least 4 members (excludes halogenated alkanes) is 24. The maximum absolute atomic E-state index is 12.3. The minimum atomic E-state index is -1.06. The molecule has 0 aliphatic carbocycles. The Hall–Kier alpha value is -0.650. The van der Waals surface area contributed by atoms with Gasteiger partial charge in [0.1, 0.15) is 6.10 Å². The van der Waals surface area contributed by atoms with Crippen molar-refractivity contribution < 1.29 is 20.1 Å². The Morgan fingerprint density at radius 3 is 1.12 bits per heavy atom. The predicted molar refractivity (Wildman–Crippen MR) is 172 cm³/mol. The third-order valence-corrected chi connectivity index (χ3v) is 8.48.